The lowest BCUT2D eigenvalue weighted by Gasteiger charge is -2.17. The van der Waals surface area contributed by atoms with Crippen LogP contribution in [0, 0.1) is 17.1 Å². The molecule has 0 aliphatic heterocycles. The average molecular weight is 491 g/mol. The average Bonchev–Trinajstić information content (AvgIpc) is 3.25. The highest BCUT2D eigenvalue weighted by atomic mass is 32.2. The Morgan fingerprint density at radius 2 is 1.83 bits per heavy atom. The van der Waals surface area contributed by atoms with Crippen LogP contribution in [-0.2, 0) is 16.4 Å². The lowest BCUT2D eigenvalue weighted by Crippen LogP contribution is -2.28. The first-order valence-corrected chi connectivity index (χ1v) is 12.7. The lowest BCUT2D eigenvalue weighted by atomic mass is 10.0. The van der Waals surface area contributed by atoms with E-state index in [-0.39, 0.29) is 28.8 Å². The third-order valence-corrected chi connectivity index (χ3v) is 7.53. The van der Waals surface area contributed by atoms with Gasteiger partial charge in [0.2, 0.25) is 0 Å². The smallest absolute Gasteiger partial charge is 0.251 e. The molecule has 1 N–H and O–H groups in total. The Balaban J connectivity index is 1.46. The van der Waals surface area contributed by atoms with E-state index in [1.54, 1.807) is 48.1 Å². The van der Waals surface area contributed by atoms with Crippen LogP contribution in [0.4, 0.5) is 4.39 Å². The number of rotatable bonds is 8. The molecular weight excluding hydrogens is 467 g/mol. The summed E-state index contributed by atoms with van der Waals surface area (Å²) >= 11 is 0. The Kier molecular flexibility index (Phi) is 6.94. The van der Waals surface area contributed by atoms with Gasteiger partial charge in [-0.25, -0.2) is 12.8 Å². The normalized spacial score (nSPS) is 12.3. The van der Waals surface area contributed by atoms with Crippen molar-refractivity contribution in [2.45, 2.75) is 30.8 Å². The van der Waals surface area contributed by atoms with Crippen molar-refractivity contribution in [3.05, 3.63) is 95.4 Å². The highest BCUT2D eigenvalue weighted by molar-refractivity contribution is 7.91. The van der Waals surface area contributed by atoms with Gasteiger partial charge in [-0.3, -0.25) is 9.48 Å². The Morgan fingerprint density at radius 1 is 1.11 bits per heavy atom. The molecule has 4 aromatic rings. The van der Waals surface area contributed by atoms with Crippen LogP contribution in [0.3, 0.4) is 0 Å². The molecule has 4 rings (SSSR count). The van der Waals surface area contributed by atoms with Gasteiger partial charge in [0.25, 0.3) is 5.91 Å². The highest BCUT2D eigenvalue weighted by Gasteiger charge is 2.18. The summed E-state index contributed by atoms with van der Waals surface area (Å²) < 4.78 is 39.2. The zero-order chi connectivity index (χ0) is 25.0. The number of carbonyl (C=O) groups excluding carboxylic acids is 1. The van der Waals surface area contributed by atoms with Crippen LogP contribution < -0.4 is 5.32 Å². The van der Waals surface area contributed by atoms with Gasteiger partial charge in [0.1, 0.15) is 5.82 Å². The van der Waals surface area contributed by atoms with E-state index in [4.69, 9.17) is 0 Å². The van der Waals surface area contributed by atoms with Gasteiger partial charge >= 0.3 is 0 Å². The number of sulfone groups is 1. The number of hydrogen-bond acceptors (Lipinski definition) is 5. The Bertz CT molecular complexity index is 1510. The maximum absolute atomic E-state index is 13.4. The van der Waals surface area contributed by atoms with E-state index in [1.807, 2.05) is 12.1 Å². The molecule has 9 heteroatoms. The number of amides is 1. The summed E-state index contributed by atoms with van der Waals surface area (Å²) in [6.07, 6.45) is 1.65. The second-order valence-electron chi connectivity index (χ2n) is 8.06. The number of nitriles is 1. The van der Waals surface area contributed by atoms with Gasteiger partial charge in [-0.05, 0) is 53.6 Å². The van der Waals surface area contributed by atoms with Crippen LogP contribution in [0.25, 0.3) is 10.9 Å². The minimum absolute atomic E-state index is 0.00409. The minimum atomic E-state index is -3.33. The molecule has 1 aromatic heterocycles. The van der Waals surface area contributed by atoms with Crippen molar-refractivity contribution in [3.63, 3.8) is 0 Å². The molecule has 0 aliphatic rings. The Morgan fingerprint density at radius 3 is 2.49 bits per heavy atom. The predicted molar refractivity (Wildman–Crippen MR) is 130 cm³/mol. The summed E-state index contributed by atoms with van der Waals surface area (Å²) in [6, 6.07) is 19.2. The Labute approximate surface area is 202 Å². The summed E-state index contributed by atoms with van der Waals surface area (Å²) in [7, 11) is -3.33. The largest absolute Gasteiger partial charge is 0.344 e. The van der Waals surface area contributed by atoms with Gasteiger partial charge in [0.05, 0.1) is 47.4 Å². The van der Waals surface area contributed by atoms with Crippen LogP contribution in [0.1, 0.15) is 40.9 Å². The summed E-state index contributed by atoms with van der Waals surface area (Å²) in [5.41, 5.74) is 2.80. The van der Waals surface area contributed by atoms with E-state index in [1.165, 1.54) is 24.3 Å². The quantitative estimate of drug-likeness (QED) is 0.394. The van der Waals surface area contributed by atoms with Crippen molar-refractivity contribution in [1.29, 1.82) is 5.26 Å². The SMILES string of the molecule is CCS(=O)(=O)c1ccc([C@H](CC#N)NC(=O)c2ccc(Cn3ncc4cc(F)ccc43)cc2)cc1. The molecule has 0 bridgehead atoms. The summed E-state index contributed by atoms with van der Waals surface area (Å²) in [4.78, 5) is 13.0. The minimum Gasteiger partial charge on any atom is -0.344 e. The second kappa shape index (κ2) is 10.1. The van der Waals surface area contributed by atoms with Crippen LogP contribution in [0.5, 0.6) is 0 Å². The molecule has 1 heterocycles. The maximum atomic E-state index is 13.4. The first-order valence-electron chi connectivity index (χ1n) is 11.0. The molecule has 0 aliphatic carbocycles. The molecule has 0 unspecified atom stereocenters. The maximum Gasteiger partial charge on any atom is 0.251 e. The molecule has 1 amide bonds. The molecular formula is C26H23FN4O3S. The zero-order valence-electron chi connectivity index (χ0n) is 19.0. The van der Waals surface area contributed by atoms with Crippen molar-refractivity contribution in [1.82, 2.24) is 15.1 Å². The van der Waals surface area contributed by atoms with E-state index < -0.39 is 15.9 Å². The van der Waals surface area contributed by atoms with Gasteiger partial charge in [-0.1, -0.05) is 31.2 Å². The third kappa shape index (κ3) is 5.39. The molecule has 0 saturated heterocycles. The molecule has 0 spiro atoms. The fourth-order valence-electron chi connectivity index (χ4n) is 3.78. The molecule has 1 atom stereocenters. The first-order chi connectivity index (χ1) is 16.8. The molecule has 35 heavy (non-hydrogen) atoms. The topological polar surface area (TPSA) is 105 Å². The van der Waals surface area contributed by atoms with Crippen LogP contribution in [0.2, 0.25) is 0 Å². The number of aromatic nitrogens is 2. The fraction of sp³-hybridized carbons (Fsp3) is 0.192. The molecule has 0 saturated carbocycles. The number of nitrogens with one attached hydrogen (secondary N) is 1. The van der Waals surface area contributed by atoms with Gasteiger partial charge < -0.3 is 5.32 Å². The predicted octanol–water partition coefficient (Wildman–Crippen LogP) is 4.40. The van der Waals surface area contributed by atoms with Crippen LogP contribution in [-0.4, -0.2) is 29.9 Å². The number of fused-ring (bicyclic) bond motifs is 1. The van der Waals surface area contributed by atoms with Crippen LogP contribution >= 0.6 is 0 Å². The summed E-state index contributed by atoms with van der Waals surface area (Å²) in [5, 5.41) is 17.1. The van der Waals surface area contributed by atoms with Gasteiger partial charge in [0.15, 0.2) is 9.84 Å². The summed E-state index contributed by atoms with van der Waals surface area (Å²) in [6.45, 7) is 2.03. The van der Waals surface area contributed by atoms with E-state index in [9.17, 15) is 22.9 Å². The standard InChI is InChI=1S/C26H23FN4O3S/c1-2-35(33,34)23-10-7-19(8-11-23)24(13-14-28)30-26(32)20-5-3-18(4-6-20)17-31-25-12-9-22(27)15-21(25)16-29-31/h3-12,15-16,24H,2,13,17H2,1H3,(H,30,32)/t24-/m0/s1. The van der Waals surface area contributed by atoms with Crippen molar-refractivity contribution < 1.29 is 17.6 Å². The van der Waals surface area contributed by atoms with Crippen LogP contribution in [0.15, 0.2) is 77.8 Å². The van der Waals surface area contributed by atoms with E-state index in [0.29, 0.717) is 23.1 Å². The van der Waals surface area contributed by atoms with Gasteiger partial charge in [-0.15, -0.1) is 0 Å². The second-order valence-corrected chi connectivity index (χ2v) is 10.3. The number of carbonyl (C=O) groups is 1. The van der Waals surface area contributed by atoms with Crippen molar-refractivity contribution in [3.8, 4) is 6.07 Å². The molecule has 7 nitrogen and oxygen atoms in total. The number of halogens is 1. The van der Waals surface area contributed by atoms with Gasteiger partial charge in [-0.2, -0.15) is 10.4 Å². The van der Waals surface area contributed by atoms with E-state index >= 15 is 0 Å². The Hall–Kier alpha value is -4.03. The number of hydrogen-bond donors (Lipinski definition) is 1. The fourth-order valence-corrected chi connectivity index (χ4v) is 4.66. The molecule has 3 aromatic carbocycles. The number of nitrogens with zero attached hydrogens (tertiary/aromatic N) is 3. The zero-order valence-corrected chi connectivity index (χ0v) is 19.8. The third-order valence-electron chi connectivity index (χ3n) is 5.77. The highest BCUT2D eigenvalue weighted by Crippen LogP contribution is 2.21. The number of benzene rings is 3. The van der Waals surface area contributed by atoms with E-state index in [2.05, 4.69) is 16.5 Å². The molecule has 0 fully saturated rings. The molecule has 178 valence electrons. The first kappa shape index (κ1) is 24.1. The van der Waals surface area contributed by atoms with Gasteiger partial charge in [0, 0.05) is 10.9 Å². The molecule has 0 radical (unpaired) electrons. The van der Waals surface area contributed by atoms with Crippen molar-refractivity contribution in [2.75, 3.05) is 5.75 Å². The van der Waals surface area contributed by atoms with Crippen molar-refractivity contribution in [2.24, 2.45) is 0 Å². The van der Waals surface area contributed by atoms with E-state index in [0.717, 1.165) is 11.1 Å². The lowest BCUT2D eigenvalue weighted by molar-refractivity contribution is 0.0937. The van der Waals surface area contributed by atoms with Crippen molar-refractivity contribution >= 4 is 26.6 Å². The summed E-state index contributed by atoms with van der Waals surface area (Å²) in [5.74, 6) is -0.665. The monoisotopic (exact) mass is 490 g/mol.